The maximum Gasteiger partial charge on any atom is 0.0676 e. The standard InChI is InChI=1S/C16H35NO2S/c1-2-3-4-5-6-7-8-9-10-11-12-13-14-15-16(17)20(18)19/h16H,2-15,17H2,1H3,(H,18,19)/p-1. The van der Waals surface area contributed by atoms with Gasteiger partial charge < -0.3 is 10.3 Å². The van der Waals surface area contributed by atoms with Crippen LogP contribution < -0.4 is 5.73 Å². The van der Waals surface area contributed by atoms with Gasteiger partial charge in [-0.25, -0.2) is 0 Å². The topological polar surface area (TPSA) is 66.2 Å². The van der Waals surface area contributed by atoms with Gasteiger partial charge in [0.1, 0.15) is 0 Å². The molecule has 0 bridgehead atoms. The number of hydrogen-bond acceptors (Lipinski definition) is 3. The second kappa shape index (κ2) is 15.5. The SMILES string of the molecule is CCCCCCCCCCCCCCCC(N)S(=O)[O-]. The van der Waals surface area contributed by atoms with Crippen molar-refractivity contribution < 1.29 is 8.76 Å². The monoisotopic (exact) mass is 304 g/mol. The molecule has 0 aromatic rings. The van der Waals surface area contributed by atoms with Gasteiger partial charge in [-0.05, 0) is 17.5 Å². The van der Waals surface area contributed by atoms with E-state index in [1.54, 1.807) is 0 Å². The molecule has 0 saturated heterocycles. The third kappa shape index (κ3) is 14.5. The van der Waals surface area contributed by atoms with Crippen LogP contribution in [0.25, 0.3) is 0 Å². The first-order chi connectivity index (χ1) is 9.68. The van der Waals surface area contributed by atoms with Gasteiger partial charge in [-0.2, -0.15) is 0 Å². The Morgan fingerprint density at radius 1 is 0.800 bits per heavy atom. The Morgan fingerprint density at radius 2 is 1.15 bits per heavy atom. The van der Waals surface area contributed by atoms with Gasteiger partial charge >= 0.3 is 0 Å². The highest BCUT2D eigenvalue weighted by Gasteiger charge is 2.01. The van der Waals surface area contributed by atoms with Gasteiger partial charge in [-0.1, -0.05) is 90.4 Å². The highest BCUT2D eigenvalue weighted by molar-refractivity contribution is 7.79. The predicted octanol–water partition coefficient (Wildman–Crippen LogP) is 4.63. The van der Waals surface area contributed by atoms with Crippen LogP contribution in [0.5, 0.6) is 0 Å². The van der Waals surface area contributed by atoms with E-state index >= 15 is 0 Å². The maximum atomic E-state index is 10.5. The van der Waals surface area contributed by atoms with Crippen LogP contribution in [0.3, 0.4) is 0 Å². The van der Waals surface area contributed by atoms with Crippen molar-refractivity contribution in [3.8, 4) is 0 Å². The van der Waals surface area contributed by atoms with E-state index in [0.717, 1.165) is 12.8 Å². The molecule has 0 aliphatic carbocycles. The summed E-state index contributed by atoms with van der Waals surface area (Å²) in [5, 5.41) is -0.664. The molecule has 0 aliphatic rings. The van der Waals surface area contributed by atoms with Crippen LogP contribution in [0.4, 0.5) is 0 Å². The van der Waals surface area contributed by atoms with Crippen molar-refractivity contribution in [2.75, 3.05) is 0 Å². The Labute approximate surface area is 128 Å². The Morgan fingerprint density at radius 3 is 1.50 bits per heavy atom. The van der Waals surface area contributed by atoms with Crippen LogP contribution in [-0.4, -0.2) is 14.1 Å². The van der Waals surface area contributed by atoms with Crippen LogP contribution >= 0.6 is 0 Å². The Balaban J connectivity index is 3.04. The quantitative estimate of drug-likeness (QED) is 0.354. The Hall–Kier alpha value is 0.0700. The first-order valence-corrected chi connectivity index (χ1v) is 9.66. The molecule has 0 radical (unpaired) electrons. The summed E-state index contributed by atoms with van der Waals surface area (Å²) in [6.07, 6.45) is 17.6. The molecular weight excluding hydrogens is 270 g/mol. The second-order valence-electron chi connectivity index (χ2n) is 5.83. The van der Waals surface area contributed by atoms with Gasteiger partial charge in [-0.3, -0.25) is 4.21 Å². The van der Waals surface area contributed by atoms with Crippen LogP contribution in [0.2, 0.25) is 0 Å². The molecule has 3 nitrogen and oxygen atoms in total. The summed E-state index contributed by atoms with van der Waals surface area (Å²) >= 11 is -2.10. The van der Waals surface area contributed by atoms with Gasteiger partial charge in [0.2, 0.25) is 0 Å². The highest BCUT2D eigenvalue weighted by atomic mass is 32.2. The van der Waals surface area contributed by atoms with E-state index < -0.39 is 16.5 Å². The van der Waals surface area contributed by atoms with Crippen molar-refractivity contribution in [1.82, 2.24) is 0 Å². The smallest absolute Gasteiger partial charge is 0.0676 e. The minimum atomic E-state index is -2.10. The largest absolute Gasteiger partial charge is 0.771 e. The summed E-state index contributed by atoms with van der Waals surface area (Å²) in [6.45, 7) is 2.26. The van der Waals surface area contributed by atoms with Crippen molar-refractivity contribution in [2.24, 2.45) is 5.73 Å². The van der Waals surface area contributed by atoms with Gasteiger partial charge in [0.05, 0.1) is 5.37 Å². The lowest BCUT2D eigenvalue weighted by atomic mass is 10.0. The summed E-state index contributed by atoms with van der Waals surface area (Å²) < 4.78 is 21.0. The normalized spacial score (nSPS) is 14.3. The van der Waals surface area contributed by atoms with Crippen LogP contribution in [0, 0.1) is 0 Å². The van der Waals surface area contributed by atoms with Gasteiger partial charge in [0.25, 0.3) is 0 Å². The summed E-state index contributed by atoms with van der Waals surface area (Å²) in [5.74, 6) is 0. The molecule has 2 N–H and O–H groups in total. The molecule has 0 aliphatic heterocycles. The molecule has 0 saturated carbocycles. The zero-order valence-electron chi connectivity index (χ0n) is 13.3. The van der Waals surface area contributed by atoms with Crippen molar-refractivity contribution in [3.63, 3.8) is 0 Å². The molecule has 122 valence electrons. The Bertz CT molecular complexity index is 225. The molecule has 20 heavy (non-hydrogen) atoms. The van der Waals surface area contributed by atoms with E-state index in [0.29, 0.717) is 6.42 Å². The summed E-state index contributed by atoms with van der Waals surface area (Å²) in [6, 6.07) is 0. The molecule has 2 atom stereocenters. The molecule has 0 aromatic carbocycles. The van der Waals surface area contributed by atoms with E-state index in [9.17, 15) is 8.76 Å². The van der Waals surface area contributed by atoms with E-state index in [2.05, 4.69) is 6.92 Å². The van der Waals surface area contributed by atoms with Gasteiger partial charge in [0.15, 0.2) is 0 Å². The highest BCUT2D eigenvalue weighted by Crippen LogP contribution is 2.13. The van der Waals surface area contributed by atoms with Crippen molar-refractivity contribution in [1.29, 1.82) is 0 Å². The van der Waals surface area contributed by atoms with Crippen molar-refractivity contribution in [3.05, 3.63) is 0 Å². The molecule has 4 heteroatoms. The number of rotatable bonds is 15. The zero-order valence-corrected chi connectivity index (χ0v) is 14.1. The van der Waals surface area contributed by atoms with E-state index in [4.69, 9.17) is 5.73 Å². The van der Waals surface area contributed by atoms with Crippen LogP contribution in [0.15, 0.2) is 0 Å². The number of hydrogen-bond donors (Lipinski definition) is 1. The average Bonchev–Trinajstić information content (AvgIpc) is 2.43. The second-order valence-corrected chi connectivity index (χ2v) is 6.96. The first-order valence-electron chi connectivity index (χ1n) is 8.52. The minimum Gasteiger partial charge on any atom is -0.771 e. The fraction of sp³-hybridized carbons (Fsp3) is 1.00. The maximum absolute atomic E-state index is 10.5. The van der Waals surface area contributed by atoms with E-state index in [1.165, 1.54) is 70.6 Å². The molecule has 0 rings (SSSR count). The van der Waals surface area contributed by atoms with Crippen molar-refractivity contribution in [2.45, 2.75) is 102 Å². The Kier molecular flexibility index (Phi) is 15.5. The fourth-order valence-corrected chi connectivity index (χ4v) is 2.82. The summed E-state index contributed by atoms with van der Waals surface area (Å²) in [4.78, 5) is 0. The number of unbranched alkanes of at least 4 members (excludes halogenated alkanes) is 12. The molecule has 2 unspecified atom stereocenters. The van der Waals surface area contributed by atoms with Gasteiger partial charge in [-0.15, -0.1) is 0 Å². The van der Waals surface area contributed by atoms with Crippen LogP contribution in [0.1, 0.15) is 96.8 Å². The molecule has 0 fully saturated rings. The van der Waals surface area contributed by atoms with Crippen LogP contribution in [-0.2, 0) is 11.1 Å². The third-order valence-corrected chi connectivity index (χ3v) is 4.57. The lowest BCUT2D eigenvalue weighted by molar-refractivity contribution is 0.504. The fourth-order valence-electron chi connectivity index (χ4n) is 2.46. The van der Waals surface area contributed by atoms with Gasteiger partial charge in [0, 0.05) is 0 Å². The molecule has 0 amide bonds. The molecular formula is C16H34NO2S-. The summed E-state index contributed by atoms with van der Waals surface area (Å²) in [7, 11) is 0. The lowest BCUT2D eigenvalue weighted by Crippen LogP contribution is -2.25. The lowest BCUT2D eigenvalue weighted by Gasteiger charge is -2.13. The number of nitrogens with two attached hydrogens (primary N) is 1. The predicted molar refractivity (Wildman–Crippen MR) is 87.2 cm³/mol. The molecule has 0 spiro atoms. The zero-order chi connectivity index (χ0) is 15.1. The average molecular weight is 305 g/mol. The van der Waals surface area contributed by atoms with E-state index in [1.807, 2.05) is 0 Å². The molecule has 0 heterocycles. The molecule has 0 aromatic heterocycles. The van der Waals surface area contributed by atoms with Crippen molar-refractivity contribution >= 4 is 11.1 Å². The first kappa shape index (κ1) is 20.1. The van der Waals surface area contributed by atoms with E-state index in [-0.39, 0.29) is 0 Å². The third-order valence-electron chi connectivity index (χ3n) is 3.84. The minimum absolute atomic E-state index is 0.605. The summed E-state index contributed by atoms with van der Waals surface area (Å²) in [5.41, 5.74) is 5.44.